The average molecular weight is 236 g/mol. The summed E-state index contributed by atoms with van der Waals surface area (Å²) in [6, 6.07) is 2.45. The van der Waals surface area contributed by atoms with E-state index in [-0.39, 0.29) is 11.9 Å². The fourth-order valence-corrected chi connectivity index (χ4v) is 2.31. The molecule has 0 aromatic rings. The molecule has 0 saturated heterocycles. The molecule has 1 fully saturated rings. The van der Waals surface area contributed by atoms with Gasteiger partial charge in [-0.1, -0.05) is 19.8 Å². The molecule has 0 spiro atoms. The van der Waals surface area contributed by atoms with Gasteiger partial charge in [0.15, 0.2) is 0 Å². The smallest absolute Gasteiger partial charge is 0.243 e. The van der Waals surface area contributed by atoms with E-state index in [1.807, 2.05) is 18.7 Å². The van der Waals surface area contributed by atoms with E-state index in [4.69, 9.17) is 0 Å². The summed E-state index contributed by atoms with van der Waals surface area (Å²) in [5.41, 5.74) is -0.684. The van der Waals surface area contributed by atoms with Crippen LogP contribution in [-0.2, 0) is 4.79 Å². The first-order chi connectivity index (χ1) is 8.07. The lowest BCUT2D eigenvalue weighted by atomic mass is 9.69. The second-order valence-electron chi connectivity index (χ2n) is 5.35. The Kier molecular flexibility index (Phi) is 4.99. The number of hydrogen-bond acceptors (Lipinski definition) is 2. The van der Waals surface area contributed by atoms with Crippen molar-refractivity contribution in [3.05, 3.63) is 0 Å². The minimum atomic E-state index is -0.684. The molecular weight excluding hydrogens is 212 g/mol. The zero-order valence-electron chi connectivity index (χ0n) is 11.3. The van der Waals surface area contributed by atoms with Crippen LogP contribution in [0.4, 0.5) is 0 Å². The molecule has 0 aliphatic heterocycles. The average Bonchev–Trinajstić information content (AvgIpc) is 2.23. The molecule has 0 aromatic carbocycles. The molecule has 1 aliphatic carbocycles. The predicted octanol–water partition coefficient (Wildman–Crippen LogP) is 3.11. The lowest BCUT2D eigenvalue weighted by Crippen LogP contribution is -2.50. The van der Waals surface area contributed by atoms with Crippen molar-refractivity contribution >= 4 is 5.91 Å². The molecule has 17 heavy (non-hydrogen) atoms. The number of amides is 1. The van der Waals surface area contributed by atoms with Crippen LogP contribution < -0.4 is 0 Å². The van der Waals surface area contributed by atoms with Crippen LogP contribution in [0.2, 0.25) is 0 Å². The van der Waals surface area contributed by atoms with Gasteiger partial charge in [0.05, 0.1) is 6.07 Å². The topological polar surface area (TPSA) is 44.1 Å². The Morgan fingerprint density at radius 3 is 2.41 bits per heavy atom. The lowest BCUT2D eigenvalue weighted by Gasteiger charge is -2.39. The number of nitriles is 1. The Hall–Kier alpha value is -1.04. The molecule has 0 bridgehead atoms. The van der Waals surface area contributed by atoms with Crippen LogP contribution in [0.5, 0.6) is 0 Å². The van der Waals surface area contributed by atoms with E-state index >= 15 is 0 Å². The quantitative estimate of drug-likeness (QED) is 0.665. The molecule has 3 heteroatoms. The second-order valence-corrected chi connectivity index (χ2v) is 5.35. The number of unbranched alkanes of at least 4 members (excludes halogenated alkanes) is 2. The van der Waals surface area contributed by atoms with E-state index in [9.17, 15) is 10.1 Å². The summed E-state index contributed by atoms with van der Waals surface area (Å²) in [5.74, 6) is 0.0670. The van der Waals surface area contributed by atoms with E-state index in [2.05, 4.69) is 13.0 Å². The van der Waals surface area contributed by atoms with Gasteiger partial charge in [-0.15, -0.1) is 0 Å². The highest BCUT2D eigenvalue weighted by Gasteiger charge is 2.47. The maximum atomic E-state index is 12.4. The van der Waals surface area contributed by atoms with Gasteiger partial charge in [0.1, 0.15) is 5.41 Å². The second kappa shape index (κ2) is 6.05. The van der Waals surface area contributed by atoms with Crippen molar-refractivity contribution in [3.63, 3.8) is 0 Å². The summed E-state index contributed by atoms with van der Waals surface area (Å²) in [6.07, 6.45) is 5.86. The van der Waals surface area contributed by atoms with Crippen molar-refractivity contribution in [2.24, 2.45) is 5.41 Å². The van der Waals surface area contributed by atoms with Gasteiger partial charge in [-0.3, -0.25) is 4.79 Å². The van der Waals surface area contributed by atoms with Gasteiger partial charge in [0, 0.05) is 12.6 Å². The Morgan fingerprint density at radius 2 is 2.06 bits per heavy atom. The van der Waals surface area contributed by atoms with Gasteiger partial charge in [0.2, 0.25) is 5.91 Å². The fourth-order valence-electron chi connectivity index (χ4n) is 2.31. The van der Waals surface area contributed by atoms with Crippen LogP contribution in [0.1, 0.15) is 59.3 Å². The highest BCUT2D eigenvalue weighted by molar-refractivity contribution is 5.86. The Bertz CT molecular complexity index is 300. The Labute approximate surface area is 105 Å². The maximum Gasteiger partial charge on any atom is 0.243 e. The van der Waals surface area contributed by atoms with Gasteiger partial charge in [-0.05, 0) is 39.5 Å². The van der Waals surface area contributed by atoms with Crippen LogP contribution in [0.3, 0.4) is 0 Å². The Balaban J connectivity index is 2.64. The van der Waals surface area contributed by atoms with Crippen LogP contribution in [0.25, 0.3) is 0 Å². The largest absolute Gasteiger partial charge is 0.339 e. The minimum absolute atomic E-state index is 0.0670. The highest BCUT2D eigenvalue weighted by Crippen LogP contribution is 2.42. The van der Waals surface area contributed by atoms with E-state index in [0.717, 1.165) is 45.1 Å². The van der Waals surface area contributed by atoms with Gasteiger partial charge in [-0.25, -0.2) is 0 Å². The normalized spacial score (nSPS) is 17.4. The maximum absolute atomic E-state index is 12.4. The van der Waals surface area contributed by atoms with E-state index in [1.165, 1.54) is 0 Å². The summed E-state index contributed by atoms with van der Waals surface area (Å²) < 4.78 is 0. The number of rotatable bonds is 6. The molecule has 1 aliphatic rings. The number of nitrogens with zero attached hydrogens (tertiary/aromatic N) is 2. The van der Waals surface area contributed by atoms with E-state index in [1.54, 1.807) is 0 Å². The van der Waals surface area contributed by atoms with Crippen molar-refractivity contribution in [2.75, 3.05) is 6.54 Å². The standard InChI is InChI=1S/C14H24N2O/c1-4-5-6-10-16(12(2)3)13(17)14(11-15)8-7-9-14/h12H,4-10H2,1-3H3. The molecular formula is C14H24N2O. The molecule has 0 atom stereocenters. The minimum Gasteiger partial charge on any atom is -0.339 e. The van der Waals surface area contributed by atoms with Crippen molar-refractivity contribution in [3.8, 4) is 6.07 Å². The monoisotopic (exact) mass is 236 g/mol. The van der Waals surface area contributed by atoms with Crippen molar-refractivity contribution in [1.82, 2.24) is 4.90 Å². The van der Waals surface area contributed by atoms with Gasteiger partial charge >= 0.3 is 0 Å². The van der Waals surface area contributed by atoms with Gasteiger partial charge in [0.25, 0.3) is 0 Å². The summed E-state index contributed by atoms with van der Waals surface area (Å²) in [6.45, 7) is 7.03. The van der Waals surface area contributed by atoms with E-state index < -0.39 is 5.41 Å². The van der Waals surface area contributed by atoms with Crippen molar-refractivity contribution in [1.29, 1.82) is 5.26 Å². The predicted molar refractivity (Wildman–Crippen MR) is 68.3 cm³/mol. The van der Waals surface area contributed by atoms with E-state index in [0.29, 0.717) is 0 Å². The first-order valence-electron chi connectivity index (χ1n) is 6.79. The third kappa shape index (κ3) is 3.00. The first kappa shape index (κ1) is 14.0. The van der Waals surface area contributed by atoms with Gasteiger partial charge in [-0.2, -0.15) is 5.26 Å². The molecule has 1 amide bonds. The summed E-state index contributed by atoms with van der Waals surface area (Å²) in [7, 11) is 0. The summed E-state index contributed by atoms with van der Waals surface area (Å²) in [5, 5.41) is 9.21. The van der Waals surface area contributed by atoms with Crippen molar-refractivity contribution in [2.45, 2.75) is 65.3 Å². The van der Waals surface area contributed by atoms with Crippen molar-refractivity contribution < 1.29 is 4.79 Å². The van der Waals surface area contributed by atoms with Crippen LogP contribution in [0, 0.1) is 16.7 Å². The SMILES string of the molecule is CCCCCN(C(=O)C1(C#N)CCC1)C(C)C. The number of carbonyl (C=O) groups excluding carboxylic acids is 1. The molecule has 96 valence electrons. The molecule has 0 heterocycles. The van der Waals surface area contributed by atoms with Crippen LogP contribution in [0.15, 0.2) is 0 Å². The molecule has 0 unspecified atom stereocenters. The first-order valence-corrected chi connectivity index (χ1v) is 6.79. The lowest BCUT2D eigenvalue weighted by molar-refractivity contribution is -0.144. The van der Waals surface area contributed by atoms with Gasteiger partial charge < -0.3 is 4.90 Å². The molecule has 0 aromatic heterocycles. The zero-order chi connectivity index (χ0) is 12.9. The highest BCUT2D eigenvalue weighted by atomic mass is 16.2. The molecule has 3 nitrogen and oxygen atoms in total. The fraction of sp³-hybridized carbons (Fsp3) is 0.857. The third-order valence-corrected chi connectivity index (χ3v) is 3.72. The third-order valence-electron chi connectivity index (χ3n) is 3.72. The number of hydrogen-bond donors (Lipinski definition) is 0. The molecule has 0 N–H and O–H groups in total. The summed E-state index contributed by atoms with van der Waals surface area (Å²) >= 11 is 0. The molecule has 1 saturated carbocycles. The molecule has 1 rings (SSSR count). The number of carbonyl (C=O) groups is 1. The molecule has 0 radical (unpaired) electrons. The summed E-state index contributed by atoms with van der Waals surface area (Å²) in [4.78, 5) is 14.3. The Morgan fingerprint density at radius 1 is 1.41 bits per heavy atom. The van der Waals surface area contributed by atoms with Crippen LogP contribution >= 0.6 is 0 Å². The zero-order valence-corrected chi connectivity index (χ0v) is 11.3. The van der Waals surface area contributed by atoms with Crippen LogP contribution in [-0.4, -0.2) is 23.4 Å².